The molecule has 0 N–H and O–H groups in total. The predicted octanol–water partition coefficient (Wildman–Crippen LogP) is 2.87. The molecule has 178 valence electrons. The second-order valence-electron chi connectivity index (χ2n) is 8.52. The number of carbonyl (C=O) groups is 1. The Bertz CT molecular complexity index is 1230. The summed E-state index contributed by atoms with van der Waals surface area (Å²) >= 11 is 0. The summed E-state index contributed by atoms with van der Waals surface area (Å²) in [4.78, 5) is 17.1. The summed E-state index contributed by atoms with van der Waals surface area (Å²) in [5, 5.41) is 7.95. The van der Waals surface area contributed by atoms with Gasteiger partial charge in [0, 0.05) is 50.5 Å². The van der Waals surface area contributed by atoms with Gasteiger partial charge in [-0.3, -0.25) is 4.79 Å². The zero-order valence-corrected chi connectivity index (χ0v) is 19.7. The van der Waals surface area contributed by atoms with E-state index in [9.17, 15) is 13.2 Å². The Labute approximate surface area is 199 Å². The van der Waals surface area contributed by atoms with Crippen LogP contribution in [-0.4, -0.2) is 73.0 Å². The van der Waals surface area contributed by atoms with Crippen LogP contribution >= 0.6 is 0 Å². The molecular weight excluding hydrogens is 454 g/mol. The first kappa shape index (κ1) is 22.5. The molecule has 3 heterocycles. The predicted molar refractivity (Wildman–Crippen MR) is 127 cm³/mol. The van der Waals surface area contributed by atoms with E-state index in [0.717, 1.165) is 38.0 Å². The van der Waals surface area contributed by atoms with Crippen molar-refractivity contribution in [1.29, 1.82) is 0 Å². The van der Waals surface area contributed by atoms with Gasteiger partial charge in [-0.15, -0.1) is 10.2 Å². The number of hydrogen-bond donors (Lipinski definition) is 0. The van der Waals surface area contributed by atoms with E-state index in [0.29, 0.717) is 31.7 Å². The number of sulfonamides is 1. The largest absolute Gasteiger partial charge is 0.412 e. The number of piperidine rings is 1. The topological polar surface area (TPSA) is 99.8 Å². The Morgan fingerprint density at radius 1 is 0.794 bits per heavy atom. The van der Waals surface area contributed by atoms with Crippen molar-refractivity contribution in [2.24, 2.45) is 0 Å². The highest BCUT2D eigenvalue weighted by molar-refractivity contribution is 7.89. The maximum Gasteiger partial charge on any atom is 0.311 e. The molecule has 0 bridgehead atoms. The minimum absolute atomic E-state index is 0.0619. The van der Waals surface area contributed by atoms with Crippen LogP contribution in [0.1, 0.15) is 29.9 Å². The van der Waals surface area contributed by atoms with E-state index >= 15 is 0 Å². The number of nitrogens with zero attached hydrogens (tertiary/aromatic N) is 5. The molecule has 5 rings (SSSR count). The van der Waals surface area contributed by atoms with E-state index in [4.69, 9.17) is 4.42 Å². The number of aromatic nitrogens is 2. The van der Waals surface area contributed by atoms with Crippen LogP contribution in [0.15, 0.2) is 63.9 Å². The fourth-order valence-electron chi connectivity index (χ4n) is 4.39. The van der Waals surface area contributed by atoms with Crippen molar-refractivity contribution in [3.05, 3.63) is 60.5 Å². The first-order chi connectivity index (χ1) is 16.5. The van der Waals surface area contributed by atoms with E-state index in [-0.39, 0.29) is 22.6 Å². The fourth-order valence-corrected chi connectivity index (χ4v) is 5.91. The molecule has 2 saturated heterocycles. The third-order valence-corrected chi connectivity index (χ3v) is 8.26. The van der Waals surface area contributed by atoms with Crippen molar-refractivity contribution >= 4 is 21.6 Å². The number of anilines is 1. The van der Waals surface area contributed by atoms with Crippen LogP contribution in [0.2, 0.25) is 0 Å². The van der Waals surface area contributed by atoms with Gasteiger partial charge in [-0.1, -0.05) is 24.6 Å². The van der Waals surface area contributed by atoms with Crippen molar-refractivity contribution in [1.82, 2.24) is 19.4 Å². The van der Waals surface area contributed by atoms with Crippen LogP contribution in [0, 0.1) is 0 Å². The van der Waals surface area contributed by atoms with Gasteiger partial charge in [-0.05, 0) is 49.2 Å². The Morgan fingerprint density at radius 2 is 1.47 bits per heavy atom. The zero-order valence-electron chi connectivity index (χ0n) is 18.8. The van der Waals surface area contributed by atoms with Gasteiger partial charge in [0.1, 0.15) is 0 Å². The Hall–Kier alpha value is -3.24. The van der Waals surface area contributed by atoms with Gasteiger partial charge in [0.05, 0.1) is 4.90 Å². The monoisotopic (exact) mass is 481 g/mol. The lowest BCUT2D eigenvalue weighted by Crippen LogP contribution is -2.48. The number of benzene rings is 2. The van der Waals surface area contributed by atoms with E-state index < -0.39 is 10.0 Å². The average Bonchev–Trinajstić information content (AvgIpc) is 3.40. The molecule has 0 spiro atoms. The van der Waals surface area contributed by atoms with E-state index in [1.165, 1.54) is 4.31 Å². The summed E-state index contributed by atoms with van der Waals surface area (Å²) in [5.41, 5.74) is 1.71. The highest BCUT2D eigenvalue weighted by atomic mass is 32.2. The van der Waals surface area contributed by atoms with Gasteiger partial charge < -0.3 is 14.2 Å². The van der Waals surface area contributed by atoms with Gasteiger partial charge in [0.15, 0.2) is 0 Å². The maximum atomic E-state index is 12.9. The van der Waals surface area contributed by atoms with Gasteiger partial charge in [-0.25, -0.2) is 8.42 Å². The summed E-state index contributed by atoms with van der Waals surface area (Å²) in [7, 11) is -3.51. The molecule has 2 fully saturated rings. The smallest absolute Gasteiger partial charge is 0.311 e. The van der Waals surface area contributed by atoms with E-state index in [1.807, 2.05) is 18.2 Å². The van der Waals surface area contributed by atoms with Crippen LogP contribution in [0.5, 0.6) is 0 Å². The molecule has 1 amide bonds. The molecule has 0 atom stereocenters. The molecule has 0 saturated carbocycles. The van der Waals surface area contributed by atoms with Crippen molar-refractivity contribution in [2.45, 2.75) is 24.2 Å². The molecule has 0 radical (unpaired) electrons. The number of rotatable bonds is 5. The highest BCUT2D eigenvalue weighted by Gasteiger charge is 2.28. The Kier molecular flexibility index (Phi) is 6.34. The van der Waals surface area contributed by atoms with Gasteiger partial charge in [-0.2, -0.15) is 4.31 Å². The normalized spacial score (nSPS) is 17.6. The van der Waals surface area contributed by atoms with E-state index in [2.05, 4.69) is 27.2 Å². The second-order valence-corrected chi connectivity index (χ2v) is 10.5. The number of para-hydroxylation sites is 1. The molecule has 9 nitrogen and oxygen atoms in total. The Morgan fingerprint density at radius 3 is 2.15 bits per heavy atom. The van der Waals surface area contributed by atoms with E-state index in [1.54, 1.807) is 29.2 Å². The van der Waals surface area contributed by atoms with Gasteiger partial charge >= 0.3 is 11.8 Å². The maximum absolute atomic E-state index is 12.9. The number of carbonyl (C=O) groups excluding carboxylic acids is 1. The quantitative estimate of drug-likeness (QED) is 0.552. The molecular formula is C24H27N5O4S. The van der Waals surface area contributed by atoms with Crippen LogP contribution in [0.25, 0.3) is 11.5 Å². The van der Waals surface area contributed by atoms with Gasteiger partial charge in [0.25, 0.3) is 0 Å². The molecule has 34 heavy (non-hydrogen) atoms. The molecule has 2 aliphatic rings. The lowest BCUT2D eigenvalue weighted by Gasteiger charge is -2.35. The molecule has 1 aromatic heterocycles. The lowest BCUT2D eigenvalue weighted by atomic mass is 10.2. The SMILES string of the molecule is O=C(c1nnc(-c2ccc(S(=O)(=O)N3CCCCC3)cc2)o1)N1CCN(c2ccccc2)CC1. The third kappa shape index (κ3) is 4.55. The van der Waals surface area contributed by atoms with Gasteiger partial charge in [0.2, 0.25) is 15.9 Å². The molecule has 3 aromatic rings. The zero-order chi connectivity index (χ0) is 23.5. The molecule has 10 heteroatoms. The molecule has 2 aliphatic heterocycles. The van der Waals surface area contributed by atoms with Crippen molar-refractivity contribution in [3.8, 4) is 11.5 Å². The summed E-state index contributed by atoms with van der Waals surface area (Å²) in [6.45, 7) is 3.69. The van der Waals surface area contributed by atoms with Crippen molar-refractivity contribution < 1.29 is 17.6 Å². The first-order valence-corrected chi connectivity index (χ1v) is 13.0. The first-order valence-electron chi connectivity index (χ1n) is 11.6. The summed E-state index contributed by atoms with van der Waals surface area (Å²) in [6, 6.07) is 16.5. The van der Waals surface area contributed by atoms with Crippen molar-refractivity contribution in [2.75, 3.05) is 44.2 Å². The molecule has 0 unspecified atom stereocenters. The number of amides is 1. The summed E-state index contributed by atoms with van der Waals surface area (Å²) in [5.74, 6) is -0.169. The van der Waals surface area contributed by atoms with Crippen LogP contribution < -0.4 is 4.90 Å². The van der Waals surface area contributed by atoms with Crippen LogP contribution in [-0.2, 0) is 10.0 Å². The minimum Gasteiger partial charge on any atom is -0.412 e. The highest BCUT2D eigenvalue weighted by Crippen LogP contribution is 2.25. The number of hydrogen-bond acceptors (Lipinski definition) is 7. The van der Waals surface area contributed by atoms with Crippen LogP contribution in [0.4, 0.5) is 5.69 Å². The second kappa shape index (κ2) is 9.55. The standard InChI is InChI=1S/C24H27N5O4S/c30-24(28-17-15-27(16-18-28)20-7-3-1-4-8-20)23-26-25-22(33-23)19-9-11-21(12-10-19)34(31,32)29-13-5-2-6-14-29/h1,3-4,7-12H,2,5-6,13-18H2. The lowest BCUT2D eigenvalue weighted by molar-refractivity contribution is 0.0707. The van der Waals surface area contributed by atoms with Crippen LogP contribution in [0.3, 0.4) is 0 Å². The third-order valence-electron chi connectivity index (χ3n) is 6.35. The molecule has 0 aliphatic carbocycles. The Balaban J connectivity index is 1.24. The van der Waals surface area contributed by atoms with Crippen molar-refractivity contribution in [3.63, 3.8) is 0 Å². The molecule has 2 aromatic carbocycles. The minimum atomic E-state index is -3.51. The fraction of sp³-hybridized carbons (Fsp3) is 0.375. The summed E-state index contributed by atoms with van der Waals surface area (Å²) < 4.78 is 32.9. The summed E-state index contributed by atoms with van der Waals surface area (Å²) in [6.07, 6.45) is 2.83. The average molecular weight is 482 g/mol. The number of piperazine rings is 1.